The molecule has 2 heterocycles. The molecule has 1 aliphatic heterocycles. The van der Waals surface area contributed by atoms with Crippen LogP contribution in [-0.4, -0.2) is 34.7 Å². The summed E-state index contributed by atoms with van der Waals surface area (Å²) in [4.78, 5) is 26.2. The number of anilines is 1. The third-order valence-electron chi connectivity index (χ3n) is 5.42. The SMILES string of the molecule is Cc1nn(-c2ccccc2)cc1CCCNC(=O)c1cccc(N2CCCC2=O)c1. The van der Waals surface area contributed by atoms with Crippen LogP contribution in [0.1, 0.15) is 40.9 Å². The number of carbonyl (C=O) groups excluding carboxylic acids is 2. The predicted octanol–water partition coefficient (Wildman–Crippen LogP) is 3.67. The van der Waals surface area contributed by atoms with Crippen LogP contribution in [0.25, 0.3) is 5.69 Å². The lowest BCUT2D eigenvalue weighted by molar-refractivity contribution is -0.117. The molecule has 0 atom stereocenters. The fraction of sp³-hybridized carbons (Fsp3) is 0.292. The fourth-order valence-electron chi connectivity index (χ4n) is 3.77. The molecule has 0 spiro atoms. The van der Waals surface area contributed by atoms with E-state index < -0.39 is 0 Å². The average molecular weight is 402 g/mol. The molecule has 1 fully saturated rings. The molecule has 0 saturated carbocycles. The first-order valence-electron chi connectivity index (χ1n) is 10.4. The van der Waals surface area contributed by atoms with Gasteiger partial charge in [-0.15, -0.1) is 0 Å². The van der Waals surface area contributed by atoms with Crippen LogP contribution in [0.3, 0.4) is 0 Å². The highest BCUT2D eigenvalue weighted by Crippen LogP contribution is 2.22. The van der Waals surface area contributed by atoms with E-state index in [9.17, 15) is 9.59 Å². The normalized spacial score (nSPS) is 13.6. The van der Waals surface area contributed by atoms with Crippen molar-refractivity contribution >= 4 is 17.5 Å². The van der Waals surface area contributed by atoms with Crippen molar-refractivity contribution in [2.24, 2.45) is 0 Å². The van der Waals surface area contributed by atoms with Crippen molar-refractivity contribution in [2.75, 3.05) is 18.0 Å². The van der Waals surface area contributed by atoms with Crippen LogP contribution >= 0.6 is 0 Å². The highest BCUT2D eigenvalue weighted by atomic mass is 16.2. The van der Waals surface area contributed by atoms with Crippen LogP contribution in [0.15, 0.2) is 60.8 Å². The van der Waals surface area contributed by atoms with E-state index >= 15 is 0 Å². The van der Waals surface area contributed by atoms with Gasteiger partial charge in [0.15, 0.2) is 0 Å². The maximum absolute atomic E-state index is 12.5. The van der Waals surface area contributed by atoms with Crippen LogP contribution in [-0.2, 0) is 11.2 Å². The lowest BCUT2D eigenvalue weighted by atomic mass is 10.1. The van der Waals surface area contributed by atoms with Crippen molar-refractivity contribution in [1.29, 1.82) is 0 Å². The first-order chi connectivity index (χ1) is 14.6. The quantitative estimate of drug-likeness (QED) is 0.613. The molecule has 0 radical (unpaired) electrons. The minimum atomic E-state index is -0.111. The third kappa shape index (κ3) is 4.43. The maximum Gasteiger partial charge on any atom is 0.251 e. The third-order valence-corrected chi connectivity index (χ3v) is 5.42. The molecule has 0 unspecified atom stereocenters. The zero-order valence-corrected chi connectivity index (χ0v) is 17.2. The molecule has 0 bridgehead atoms. The Morgan fingerprint density at radius 1 is 1.10 bits per heavy atom. The predicted molar refractivity (Wildman–Crippen MR) is 117 cm³/mol. The molecule has 3 aromatic rings. The minimum absolute atomic E-state index is 0.111. The van der Waals surface area contributed by atoms with Crippen LogP contribution < -0.4 is 10.2 Å². The molecule has 154 valence electrons. The summed E-state index contributed by atoms with van der Waals surface area (Å²) in [5, 5.41) is 7.58. The molecule has 6 heteroatoms. The first kappa shape index (κ1) is 19.9. The second-order valence-electron chi connectivity index (χ2n) is 7.58. The van der Waals surface area contributed by atoms with Gasteiger partial charge >= 0.3 is 0 Å². The van der Waals surface area contributed by atoms with Crippen molar-refractivity contribution in [3.63, 3.8) is 0 Å². The zero-order chi connectivity index (χ0) is 20.9. The number of hydrogen-bond acceptors (Lipinski definition) is 3. The lowest BCUT2D eigenvalue weighted by Crippen LogP contribution is -2.26. The number of nitrogens with one attached hydrogen (secondary N) is 1. The van der Waals surface area contributed by atoms with Gasteiger partial charge in [-0.05, 0) is 62.1 Å². The largest absolute Gasteiger partial charge is 0.352 e. The molecular formula is C24H26N4O2. The lowest BCUT2D eigenvalue weighted by Gasteiger charge is -2.16. The summed E-state index contributed by atoms with van der Waals surface area (Å²) in [6.45, 7) is 3.32. The summed E-state index contributed by atoms with van der Waals surface area (Å²) in [7, 11) is 0. The zero-order valence-electron chi connectivity index (χ0n) is 17.2. The smallest absolute Gasteiger partial charge is 0.251 e. The summed E-state index contributed by atoms with van der Waals surface area (Å²) in [5.74, 6) is 0.0131. The van der Waals surface area contributed by atoms with Gasteiger partial charge < -0.3 is 10.2 Å². The molecule has 1 aromatic heterocycles. The van der Waals surface area contributed by atoms with Gasteiger partial charge in [-0.25, -0.2) is 4.68 Å². The van der Waals surface area contributed by atoms with Crippen molar-refractivity contribution in [1.82, 2.24) is 15.1 Å². The Balaban J connectivity index is 1.30. The van der Waals surface area contributed by atoms with Gasteiger partial charge in [0.05, 0.1) is 11.4 Å². The van der Waals surface area contributed by atoms with Crippen molar-refractivity contribution in [3.8, 4) is 5.69 Å². The number of amides is 2. The van der Waals surface area contributed by atoms with Gasteiger partial charge in [0.2, 0.25) is 5.91 Å². The van der Waals surface area contributed by atoms with E-state index in [0.29, 0.717) is 18.5 Å². The van der Waals surface area contributed by atoms with E-state index in [1.54, 1.807) is 17.0 Å². The first-order valence-corrected chi connectivity index (χ1v) is 10.4. The van der Waals surface area contributed by atoms with Crippen LogP contribution in [0.2, 0.25) is 0 Å². The second-order valence-corrected chi connectivity index (χ2v) is 7.58. The van der Waals surface area contributed by atoms with E-state index in [-0.39, 0.29) is 11.8 Å². The average Bonchev–Trinajstić information content (AvgIpc) is 3.37. The maximum atomic E-state index is 12.5. The summed E-state index contributed by atoms with van der Waals surface area (Å²) < 4.78 is 1.90. The van der Waals surface area contributed by atoms with Gasteiger partial charge in [-0.2, -0.15) is 5.10 Å². The highest BCUT2D eigenvalue weighted by molar-refractivity contribution is 5.99. The summed E-state index contributed by atoms with van der Waals surface area (Å²) >= 11 is 0. The number of hydrogen-bond donors (Lipinski definition) is 1. The van der Waals surface area contributed by atoms with E-state index in [1.165, 1.54) is 5.56 Å². The summed E-state index contributed by atoms with van der Waals surface area (Å²) in [5.41, 5.74) is 4.61. The fourth-order valence-corrected chi connectivity index (χ4v) is 3.77. The number of para-hydroxylation sites is 1. The van der Waals surface area contributed by atoms with E-state index in [0.717, 1.165) is 42.9 Å². The summed E-state index contributed by atoms with van der Waals surface area (Å²) in [6, 6.07) is 17.3. The van der Waals surface area contributed by atoms with Gasteiger partial charge in [-0.3, -0.25) is 9.59 Å². The Bertz CT molecular complexity index is 1040. The Morgan fingerprint density at radius 3 is 2.67 bits per heavy atom. The van der Waals surface area contributed by atoms with Crippen LogP contribution in [0.5, 0.6) is 0 Å². The molecule has 4 rings (SSSR count). The van der Waals surface area contributed by atoms with Gasteiger partial charge in [0.1, 0.15) is 0 Å². The van der Waals surface area contributed by atoms with E-state index in [4.69, 9.17) is 0 Å². The molecular weight excluding hydrogens is 376 g/mol. The standard InChI is InChI=1S/C24H26N4O2/c1-18-20(17-28(26-18)21-10-3-2-4-11-21)9-6-14-25-24(30)19-8-5-12-22(16-19)27-15-7-13-23(27)29/h2-5,8,10-12,16-17H,6-7,9,13-15H2,1H3,(H,25,30). The number of carbonyl (C=O) groups is 2. The number of aromatic nitrogens is 2. The van der Waals surface area contributed by atoms with Gasteiger partial charge in [0.25, 0.3) is 5.91 Å². The molecule has 30 heavy (non-hydrogen) atoms. The van der Waals surface area contributed by atoms with Gasteiger partial charge in [0, 0.05) is 37.0 Å². The molecule has 1 aliphatic rings. The Kier molecular flexibility index (Phi) is 5.93. The monoisotopic (exact) mass is 402 g/mol. The van der Waals surface area contributed by atoms with Crippen molar-refractivity contribution in [3.05, 3.63) is 77.6 Å². The molecule has 1 N–H and O–H groups in total. The summed E-state index contributed by atoms with van der Waals surface area (Å²) in [6.07, 6.45) is 5.19. The number of rotatable bonds is 7. The Labute approximate surface area is 176 Å². The van der Waals surface area contributed by atoms with Crippen molar-refractivity contribution in [2.45, 2.75) is 32.6 Å². The Morgan fingerprint density at radius 2 is 1.90 bits per heavy atom. The van der Waals surface area contributed by atoms with Crippen molar-refractivity contribution < 1.29 is 9.59 Å². The number of nitrogens with zero attached hydrogens (tertiary/aromatic N) is 3. The number of aryl methyl sites for hydroxylation is 2. The molecule has 0 aliphatic carbocycles. The number of benzene rings is 2. The van der Waals surface area contributed by atoms with E-state index in [2.05, 4.69) is 16.6 Å². The topological polar surface area (TPSA) is 67.2 Å². The van der Waals surface area contributed by atoms with Gasteiger partial charge in [-0.1, -0.05) is 24.3 Å². The minimum Gasteiger partial charge on any atom is -0.352 e. The molecule has 6 nitrogen and oxygen atoms in total. The van der Waals surface area contributed by atoms with Crippen LogP contribution in [0, 0.1) is 6.92 Å². The van der Waals surface area contributed by atoms with Crippen LogP contribution in [0.4, 0.5) is 5.69 Å². The second kappa shape index (κ2) is 8.95. The molecule has 2 amide bonds. The Hall–Kier alpha value is -3.41. The molecule has 2 aromatic carbocycles. The van der Waals surface area contributed by atoms with E-state index in [1.807, 2.05) is 54.1 Å². The highest BCUT2D eigenvalue weighted by Gasteiger charge is 2.22. The molecule has 1 saturated heterocycles.